The molecule has 0 heterocycles. The Morgan fingerprint density at radius 1 is 1.30 bits per heavy atom. The van der Waals surface area contributed by atoms with Crippen LogP contribution in [-0.2, 0) is 10.8 Å². The van der Waals surface area contributed by atoms with Crippen LogP contribution in [0.2, 0.25) is 5.02 Å². The fourth-order valence-corrected chi connectivity index (χ4v) is 3.10. The van der Waals surface area contributed by atoms with Crippen molar-refractivity contribution in [1.82, 2.24) is 0 Å². The third kappa shape index (κ3) is 2.77. The molecule has 102 valence electrons. The van der Waals surface area contributed by atoms with Crippen LogP contribution in [0.25, 0.3) is 0 Å². The summed E-state index contributed by atoms with van der Waals surface area (Å²) in [4.78, 5) is 0.852. The first-order valence-electron chi connectivity index (χ1n) is 5.55. The molecule has 0 radical (unpaired) electrons. The van der Waals surface area contributed by atoms with E-state index in [0.717, 1.165) is 0 Å². The minimum atomic E-state index is -1.52. The normalized spacial score (nSPS) is 11.7. The predicted octanol–water partition coefficient (Wildman–Crippen LogP) is 3.09. The summed E-state index contributed by atoms with van der Waals surface area (Å²) in [7, 11) is -0.108. The molecule has 0 aliphatic rings. The number of nitrogens with zero attached hydrogens (tertiary/aromatic N) is 1. The van der Waals surface area contributed by atoms with E-state index < -0.39 is 10.8 Å². The van der Waals surface area contributed by atoms with Gasteiger partial charge in [-0.15, -0.1) is 0 Å². The molecule has 6 heteroatoms. The second-order valence-electron chi connectivity index (χ2n) is 3.86. The van der Waals surface area contributed by atoms with Gasteiger partial charge in [-0.1, -0.05) is 11.6 Å². The fourth-order valence-electron chi connectivity index (χ4n) is 1.62. The van der Waals surface area contributed by atoms with Gasteiger partial charge < -0.3 is 9.84 Å². The third-order valence-electron chi connectivity index (χ3n) is 2.63. The largest absolute Gasteiger partial charge is 0.504 e. The van der Waals surface area contributed by atoms with Crippen LogP contribution in [0.5, 0.6) is 11.5 Å². The third-order valence-corrected chi connectivity index (χ3v) is 4.49. The molecule has 2 rings (SSSR count). The summed E-state index contributed by atoms with van der Waals surface area (Å²) >= 11 is 6.03. The number of nitriles is 1. The van der Waals surface area contributed by atoms with Gasteiger partial charge in [0.2, 0.25) is 0 Å². The van der Waals surface area contributed by atoms with Gasteiger partial charge >= 0.3 is 0 Å². The van der Waals surface area contributed by atoms with E-state index in [1.54, 1.807) is 12.1 Å². The zero-order valence-corrected chi connectivity index (χ0v) is 12.0. The predicted molar refractivity (Wildman–Crippen MR) is 75.5 cm³/mol. The maximum Gasteiger partial charge on any atom is 0.161 e. The lowest BCUT2D eigenvalue weighted by molar-refractivity contribution is 0.372. The summed E-state index contributed by atoms with van der Waals surface area (Å²) in [5.41, 5.74) is 0.402. The number of halogens is 1. The average molecular weight is 308 g/mol. The Kier molecular flexibility index (Phi) is 4.28. The Labute approximate surface area is 123 Å². The smallest absolute Gasteiger partial charge is 0.161 e. The summed E-state index contributed by atoms with van der Waals surface area (Å²) in [6.07, 6.45) is 0. The van der Waals surface area contributed by atoms with Gasteiger partial charge in [0.1, 0.15) is 0 Å². The van der Waals surface area contributed by atoms with E-state index in [9.17, 15) is 9.32 Å². The Hall–Kier alpha value is -2.03. The number of methoxy groups -OCH3 is 1. The lowest BCUT2D eigenvalue weighted by atomic mass is 10.2. The highest BCUT2D eigenvalue weighted by Crippen LogP contribution is 2.31. The quantitative estimate of drug-likeness (QED) is 0.946. The van der Waals surface area contributed by atoms with E-state index >= 15 is 0 Å². The molecule has 0 saturated carbocycles. The van der Waals surface area contributed by atoms with E-state index in [4.69, 9.17) is 21.6 Å². The maximum absolute atomic E-state index is 12.5. The number of hydrogen-bond donors (Lipinski definition) is 1. The first kappa shape index (κ1) is 14.4. The fraction of sp³-hybridized carbons (Fsp3) is 0.0714. The van der Waals surface area contributed by atoms with Crippen LogP contribution in [0.4, 0.5) is 0 Å². The molecule has 2 aromatic carbocycles. The maximum atomic E-state index is 12.5. The SMILES string of the molecule is COc1cc(S(=O)c2ccc(C#N)cc2Cl)ccc1O. The summed E-state index contributed by atoms with van der Waals surface area (Å²) in [6.45, 7) is 0. The van der Waals surface area contributed by atoms with Crippen molar-refractivity contribution < 1.29 is 14.1 Å². The summed E-state index contributed by atoms with van der Waals surface area (Å²) in [6, 6.07) is 11.0. The van der Waals surface area contributed by atoms with Gasteiger partial charge in [-0.25, -0.2) is 4.21 Å². The first-order chi connectivity index (χ1) is 9.56. The first-order valence-corrected chi connectivity index (χ1v) is 7.08. The van der Waals surface area contributed by atoms with Crippen LogP contribution >= 0.6 is 11.6 Å². The Balaban J connectivity index is 2.44. The van der Waals surface area contributed by atoms with Crippen molar-refractivity contribution in [1.29, 1.82) is 5.26 Å². The Morgan fingerprint density at radius 2 is 2.05 bits per heavy atom. The van der Waals surface area contributed by atoms with Crippen molar-refractivity contribution in [3.8, 4) is 17.6 Å². The van der Waals surface area contributed by atoms with Crippen molar-refractivity contribution in [2.24, 2.45) is 0 Å². The van der Waals surface area contributed by atoms with Crippen LogP contribution < -0.4 is 4.74 Å². The number of aromatic hydroxyl groups is 1. The van der Waals surface area contributed by atoms with E-state index in [2.05, 4.69) is 0 Å². The second-order valence-corrected chi connectivity index (χ2v) is 5.72. The molecule has 20 heavy (non-hydrogen) atoms. The van der Waals surface area contributed by atoms with Crippen molar-refractivity contribution >= 4 is 22.4 Å². The average Bonchev–Trinajstić information content (AvgIpc) is 2.47. The van der Waals surface area contributed by atoms with Gasteiger partial charge in [-0.2, -0.15) is 5.26 Å². The lowest BCUT2D eigenvalue weighted by Crippen LogP contribution is -1.95. The molecule has 0 aliphatic heterocycles. The highest BCUT2D eigenvalue weighted by molar-refractivity contribution is 7.85. The van der Waals surface area contributed by atoms with E-state index in [-0.39, 0.29) is 16.5 Å². The van der Waals surface area contributed by atoms with Gasteiger partial charge in [-0.05, 0) is 30.3 Å². The molecule has 0 aromatic heterocycles. The second kappa shape index (κ2) is 5.95. The molecule has 0 aliphatic carbocycles. The molecular weight excluding hydrogens is 298 g/mol. The highest BCUT2D eigenvalue weighted by atomic mass is 35.5. The van der Waals surface area contributed by atoms with Crippen molar-refractivity contribution in [3.05, 3.63) is 47.0 Å². The van der Waals surface area contributed by atoms with Crippen LogP contribution in [-0.4, -0.2) is 16.4 Å². The minimum Gasteiger partial charge on any atom is -0.504 e. The van der Waals surface area contributed by atoms with E-state index in [1.807, 2.05) is 6.07 Å². The Morgan fingerprint density at radius 3 is 2.65 bits per heavy atom. The van der Waals surface area contributed by atoms with Crippen molar-refractivity contribution in [2.75, 3.05) is 7.11 Å². The van der Waals surface area contributed by atoms with Gasteiger partial charge in [0.25, 0.3) is 0 Å². The van der Waals surface area contributed by atoms with E-state index in [1.165, 1.54) is 31.4 Å². The van der Waals surface area contributed by atoms with Crippen LogP contribution in [0.1, 0.15) is 5.56 Å². The molecular formula is C14H10ClNO3S. The number of hydrogen-bond acceptors (Lipinski definition) is 4. The molecule has 2 aromatic rings. The topological polar surface area (TPSA) is 70.3 Å². The number of phenols is 1. The monoisotopic (exact) mass is 307 g/mol. The number of rotatable bonds is 3. The summed E-state index contributed by atoms with van der Waals surface area (Å²) in [5.74, 6) is 0.208. The summed E-state index contributed by atoms with van der Waals surface area (Å²) in [5, 5.41) is 18.6. The molecule has 4 nitrogen and oxygen atoms in total. The molecule has 1 N–H and O–H groups in total. The molecule has 0 spiro atoms. The zero-order chi connectivity index (χ0) is 14.7. The highest BCUT2D eigenvalue weighted by Gasteiger charge is 2.14. The molecule has 0 saturated heterocycles. The van der Waals surface area contributed by atoms with Crippen molar-refractivity contribution in [2.45, 2.75) is 9.79 Å². The molecule has 1 atom stereocenters. The van der Waals surface area contributed by atoms with Gasteiger partial charge in [-0.3, -0.25) is 0 Å². The molecule has 0 amide bonds. The van der Waals surface area contributed by atoms with Crippen molar-refractivity contribution in [3.63, 3.8) is 0 Å². The number of benzene rings is 2. The van der Waals surface area contributed by atoms with Gasteiger partial charge in [0.15, 0.2) is 11.5 Å². The number of ether oxygens (including phenoxy) is 1. The van der Waals surface area contributed by atoms with Gasteiger partial charge in [0, 0.05) is 11.0 Å². The lowest BCUT2D eigenvalue weighted by Gasteiger charge is -2.08. The number of phenolic OH excluding ortho intramolecular Hbond substituents is 1. The Bertz CT molecular complexity index is 725. The molecule has 0 bridgehead atoms. The van der Waals surface area contributed by atoms with Crippen LogP contribution in [0.15, 0.2) is 46.2 Å². The molecule has 0 fully saturated rings. The van der Waals surface area contributed by atoms with Gasteiger partial charge in [0.05, 0.1) is 39.5 Å². The summed E-state index contributed by atoms with van der Waals surface area (Å²) < 4.78 is 17.4. The zero-order valence-electron chi connectivity index (χ0n) is 10.5. The molecule has 1 unspecified atom stereocenters. The van der Waals surface area contributed by atoms with E-state index in [0.29, 0.717) is 15.4 Å². The standard InChI is InChI=1S/C14H10ClNO3S/c1-19-13-7-10(3-4-12(13)17)20(18)14-5-2-9(8-16)6-11(14)15/h2-7,17H,1H3. The minimum absolute atomic E-state index is 0.0285. The van der Waals surface area contributed by atoms with Crippen LogP contribution in [0, 0.1) is 11.3 Å². The van der Waals surface area contributed by atoms with Crippen LogP contribution in [0.3, 0.4) is 0 Å².